The summed E-state index contributed by atoms with van der Waals surface area (Å²) in [7, 11) is 0. The number of benzene rings is 1. The summed E-state index contributed by atoms with van der Waals surface area (Å²) in [6, 6.07) is 6.77. The first-order valence-electron chi connectivity index (χ1n) is 13.4. The zero-order valence-corrected chi connectivity index (χ0v) is 22.1. The molecule has 10 heteroatoms. The molecule has 1 fully saturated rings. The fourth-order valence-corrected chi connectivity index (χ4v) is 5.21. The molecule has 0 radical (unpaired) electrons. The molecule has 0 aromatic heterocycles. The SMILES string of the molecule is CC1(C)Oc2ccc(C#N)cc2[C@@H](N2CCN(CCCCCCCCCCCO[N+](=O)[O-])CC2=O)[C@@H]1O. The van der Waals surface area contributed by atoms with E-state index in [9.17, 15) is 25.3 Å². The van der Waals surface area contributed by atoms with Gasteiger partial charge in [-0.25, -0.2) is 0 Å². The van der Waals surface area contributed by atoms with Crippen LogP contribution in [0.1, 0.15) is 88.8 Å². The lowest BCUT2D eigenvalue weighted by molar-refractivity contribution is -0.757. The van der Waals surface area contributed by atoms with Crippen LogP contribution in [0.4, 0.5) is 0 Å². The number of carbonyl (C=O) groups is 1. The molecule has 1 aromatic rings. The topological polar surface area (TPSA) is 129 Å². The van der Waals surface area contributed by atoms with Crippen LogP contribution >= 0.6 is 0 Å². The molecule has 1 saturated heterocycles. The van der Waals surface area contributed by atoms with Crippen LogP contribution < -0.4 is 4.74 Å². The number of nitrogens with zero attached hydrogens (tertiary/aromatic N) is 4. The predicted octanol–water partition coefficient (Wildman–Crippen LogP) is 3.99. The van der Waals surface area contributed by atoms with Gasteiger partial charge in [0.15, 0.2) is 0 Å². The van der Waals surface area contributed by atoms with Crippen LogP contribution in [-0.2, 0) is 9.63 Å². The van der Waals surface area contributed by atoms with Crippen molar-refractivity contribution in [3.63, 3.8) is 0 Å². The standard InChI is InChI=1S/C27H40N4O6/c1-27(2)26(33)25(22-18-21(19-28)12-13-23(22)37-27)30-16-15-29(20-24(30)32)14-10-8-6-4-3-5-7-9-11-17-36-31(34)35/h12-13,18,25-26,33H,3-11,14-17,20H2,1-2H3/t25-,26+/m1/s1. The van der Waals surface area contributed by atoms with Gasteiger partial charge in [-0.1, -0.05) is 44.9 Å². The lowest BCUT2D eigenvalue weighted by Gasteiger charge is -2.48. The number of hydrogen-bond acceptors (Lipinski definition) is 8. The van der Waals surface area contributed by atoms with Crippen molar-refractivity contribution in [2.45, 2.75) is 89.4 Å². The minimum Gasteiger partial charge on any atom is -0.485 e. The monoisotopic (exact) mass is 516 g/mol. The van der Waals surface area contributed by atoms with Gasteiger partial charge in [-0.3, -0.25) is 9.69 Å². The van der Waals surface area contributed by atoms with Crippen LogP contribution in [0.3, 0.4) is 0 Å². The smallest absolute Gasteiger partial charge is 0.294 e. The lowest BCUT2D eigenvalue weighted by atomic mass is 9.84. The quantitative estimate of drug-likeness (QED) is 0.223. The number of ether oxygens (including phenoxy) is 1. The molecule has 0 aliphatic carbocycles. The van der Waals surface area contributed by atoms with Gasteiger partial charge in [-0.05, 0) is 51.4 Å². The van der Waals surface area contributed by atoms with E-state index in [2.05, 4.69) is 15.8 Å². The van der Waals surface area contributed by atoms with Gasteiger partial charge in [-0.2, -0.15) is 5.26 Å². The Balaban J connectivity index is 1.38. The number of hydrogen-bond donors (Lipinski definition) is 1. The van der Waals surface area contributed by atoms with Crippen molar-refractivity contribution >= 4 is 5.91 Å². The largest absolute Gasteiger partial charge is 0.485 e. The summed E-state index contributed by atoms with van der Waals surface area (Å²) in [5.41, 5.74) is 0.319. The van der Waals surface area contributed by atoms with Crippen molar-refractivity contribution in [3.05, 3.63) is 39.4 Å². The highest BCUT2D eigenvalue weighted by Gasteiger charge is 2.47. The van der Waals surface area contributed by atoms with Crippen molar-refractivity contribution in [3.8, 4) is 11.8 Å². The second-order valence-electron chi connectivity index (χ2n) is 10.6. The van der Waals surface area contributed by atoms with E-state index >= 15 is 0 Å². The van der Waals surface area contributed by atoms with Crippen molar-refractivity contribution in [2.24, 2.45) is 0 Å². The van der Waals surface area contributed by atoms with E-state index in [0.29, 0.717) is 30.0 Å². The van der Waals surface area contributed by atoms with Crippen LogP contribution in [0.25, 0.3) is 0 Å². The normalized spacial score (nSPS) is 21.1. The summed E-state index contributed by atoms with van der Waals surface area (Å²) >= 11 is 0. The van der Waals surface area contributed by atoms with Crippen molar-refractivity contribution < 1.29 is 24.6 Å². The number of amides is 1. The summed E-state index contributed by atoms with van der Waals surface area (Å²) in [5.74, 6) is 0.600. The zero-order valence-electron chi connectivity index (χ0n) is 22.1. The first kappa shape index (κ1) is 28.7. The predicted molar refractivity (Wildman–Crippen MR) is 137 cm³/mol. The maximum atomic E-state index is 13.2. The number of aliphatic hydroxyl groups excluding tert-OH is 1. The number of unbranched alkanes of at least 4 members (excludes halogenated alkanes) is 8. The van der Waals surface area contributed by atoms with E-state index in [-0.39, 0.29) is 12.5 Å². The van der Waals surface area contributed by atoms with E-state index < -0.39 is 22.8 Å². The van der Waals surface area contributed by atoms with E-state index in [4.69, 9.17) is 4.74 Å². The Bertz CT molecular complexity index is 963. The van der Waals surface area contributed by atoms with Gasteiger partial charge in [-0.15, -0.1) is 10.1 Å². The number of rotatable bonds is 14. The van der Waals surface area contributed by atoms with Gasteiger partial charge < -0.3 is 19.6 Å². The van der Waals surface area contributed by atoms with Gasteiger partial charge >= 0.3 is 0 Å². The molecular formula is C27H40N4O6. The second-order valence-corrected chi connectivity index (χ2v) is 10.6. The van der Waals surface area contributed by atoms with Crippen molar-refractivity contribution in [1.82, 2.24) is 9.80 Å². The summed E-state index contributed by atoms with van der Waals surface area (Å²) in [6.07, 6.45) is 8.70. The van der Waals surface area contributed by atoms with E-state index in [0.717, 1.165) is 51.6 Å². The molecule has 1 aromatic carbocycles. The molecule has 1 N–H and O–H groups in total. The Morgan fingerprint density at radius 1 is 1.14 bits per heavy atom. The molecule has 2 aliphatic rings. The highest BCUT2D eigenvalue weighted by atomic mass is 16.9. The second kappa shape index (κ2) is 13.6. The van der Waals surface area contributed by atoms with Gasteiger partial charge in [0, 0.05) is 18.7 Å². The van der Waals surface area contributed by atoms with Gasteiger partial charge in [0.2, 0.25) is 5.91 Å². The van der Waals surface area contributed by atoms with Gasteiger partial charge in [0.1, 0.15) is 17.5 Å². The number of piperazine rings is 1. The Kier molecular flexibility index (Phi) is 10.5. The fraction of sp³-hybridized carbons (Fsp3) is 0.704. The Morgan fingerprint density at radius 2 is 1.78 bits per heavy atom. The lowest BCUT2D eigenvalue weighted by Crippen LogP contribution is -2.59. The average Bonchev–Trinajstić information content (AvgIpc) is 2.85. The molecule has 10 nitrogen and oxygen atoms in total. The molecule has 2 aliphatic heterocycles. The summed E-state index contributed by atoms with van der Waals surface area (Å²) in [6.45, 7) is 6.32. The molecule has 0 bridgehead atoms. The summed E-state index contributed by atoms with van der Waals surface area (Å²) in [4.78, 5) is 31.5. The van der Waals surface area contributed by atoms with E-state index in [1.165, 1.54) is 19.3 Å². The molecule has 0 saturated carbocycles. The van der Waals surface area contributed by atoms with Crippen LogP contribution in [0.2, 0.25) is 0 Å². The zero-order chi connectivity index (χ0) is 26.8. The highest BCUT2D eigenvalue weighted by molar-refractivity contribution is 5.80. The molecule has 37 heavy (non-hydrogen) atoms. The first-order valence-corrected chi connectivity index (χ1v) is 13.4. The third kappa shape index (κ3) is 8.04. The number of aliphatic hydroxyl groups is 1. The molecule has 3 rings (SSSR count). The van der Waals surface area contributed by atoms with Crippen molar-refractivity contribution in [2.75, 3.05) is 32.8 Å². The molecule has 0 spiro atoms. The van der Waals surface area contributed by atoms with Crippen LogP contribution in [0, 0.1) is 21.4 Å². The molecular weight excluding hydrogens is 476 g/mol. The molecule has 2 atom stereocenters. The number of fused-ring (bicyclic) bond motifs is 1. The van der Waals surface area contributed by atoms with E-state index in [1.807, 2.05) is 13.8 Å². The Morgan fingerprint density at radius 3 is 2.41 bits per heavy atom. The summed E-state index contributed by atoms with van der Waals surface area (Å²) in [5, 5.41) is 29.8. The van der Waals surface area contributed by atoms with Crippen LogP contribution in [-0.4, -0.2) is 70.4 Å². The molecule has 0 unspecified atom stereocenters. The Labute approximate surface area is 219 Å². The number of nitriles is 1. The summed E-state index contributed by atoms with van der Waals surface area (Å²) < 4.78 is 6.00. The molecule has 2 heterocycles. The minimum absolute atomic E-state index is 0.00933. The van der Waals surface area contributed by atoms with Crippen LogP contribution in [0.15, 0.2) is 18.2 Å². The first-order chi connectivity index (χ1) is 17.7. The maximum absolute atomic E-state index is 13.2. The molecule has 204 valence electrons. The third-order valence-electron chi connectivity index (χ3n) is 7.33. The van der Waals surface area contributed by atoms with E-state index in [1.54, 1.807) is 23.1 Å². The Hall–Kier alpha value is -2.90. The van der Waals surface area contributed by atoms with Gasteiger partial charge in [0.05, 0.1) is 30.8 Å². The maximum Gasteiger partial charge on any atom is 0.294 e. The average molecular weight is 517 g/mol. The third-order valence-corrected chi connectivity index (χ3v) is 7.33. The number of carbonyl (C=O) groups excluding carboxylic acids is 1. The highest BCUT2D eigenvalue weighted by Crippen LogP contribution is 2.43. The van der Waals surface area contributed by atoms with Crippen molar-refractivity contribution in [1.29, 1.82) is 5.26 Å². The minimum atomic E-state index is -0.904. The van der Waals surface area contributed by atoms with Crippen LogP contribution in [0.5, 0.6) is 5.75 Å². The fourth-order valence-electron chi connectivity index (χ4n) is 5.21. The molecule has 1 amide bonds. The van der Waals surface area contributed by atoms with Gasteiger partial charge in [0.25, 0.3) is 5.09 Å².